The lowest BCUT2D eigenvalue weighted by atomic mass is 10.1. The molecule has 0 saturated carbocycles. The van der Waals surface area contributed by atoms with Crippen LogP contribution in [0, 0.1) is 0 Å². The van der Waals surface area contributed by atoms with Gasteiger partial charge in [-0.3, -0.25) is 4.31 Å². The zero-order valence-electron chi connectivity index (χ0n) is 9.88. The van der Waals surface area contributed by atoms with E-state index in [1.807, 2.05) is 24.3 Å². The number of carbonyl (C=O) groups excluding carboxylic acids is 1. The second kappa shape index (κ2) is 5.58. The molecular weight excluding hydrogens is 316 g/mol. The molecule has 2 rings (SSSR count). The summed E-state index contributed by atoms with van der Waals surface area (Å²) in [5.41, 5.74) is 2.18. The highest BCUT2D eigenvalue weighted by molar-refractivity contribution is 9.10. The van der Waals surface area contributed by atoms with E-state index < -0.39 is 0 Å². The highest BCUT2D eigenvalue weighted by Gasteiger charge is 2.21. The smallest absolute Gasteiger partial charge is 0.355 e. The Morgan fingerprint density at radius 3 is 2.94 bits per heavy atom. The van der Waals surface area contributed by atoms with Crippen LogP contribution >= 0.6 is 28.1 Å². The lowest BCUT2D eigenvalue weighted by Gasteiger charge is -2.21. The van der Waals surface area contributed by atoms with Crippen LogP contribution in [0.25, 0.3) is 0 Å². The van der Waals surface area contributed by atoms with Crippen molar-refractivity contribution in [2.75, 3.05) is 14.2 Å². The predicted molar refractivity (Wildman–Crippen MR) is 76.1 cm³/mol. The molecule has 94 valence electrons. The minimum absolute atomic E-state index is 0.368. The van der Waals surface area contributed by atoms with Crippen LogP contribution < -0.4 is 0 Å². The lowest BCUT2D eigenvalue weighted by Crippen LogP contribution is -2.22. The maximum atomic E-state index is 11.6. The molecule has 1 aliphatic heterocycles. The highest BCUT2D eigenvalue weighted by Crippen LogP contribution is 2.25. The second-order valence-electron chi connectivity index (χ2n) is 3.59. The Balaban J connectivity index is 2.36. The van der Waals surface area contributed by atoms with Crippen molar-refractivity contribution < 1.29 is 9.53 Å². The van der Waals surface area contributed by atoms with Gasteiger partial charge in [0.25, 0.3) is 0 Å². The number of esters is 1. The summed E-state index contributed by atoms with van der Waals surface area (Å²) < 4.78 is 11.7. The summed E-state index contributed by atoms with van der Waals surface area (Å²) in [6, 6.07) is 7.77. The van der Waals surface area contributed by atoms with E-state index in [0.29, 0.717) is 5.70 Å². The molecule has 0 atom stereocenters. The van der Waals surface area contributed by atoms with E-state index in [9.17, 15) is 4.79 Å². The molecule has 0 radical (unpaired) electrons. The third-order valence-electron chi connectivity index (χ3n) is 2.39. The van der Waals surface area contributed by atoms with E-state index in [4.69, 9.17) is 4.74 Å². The van der Waals surface area contributed by atoms with Crippen molar-refractivity contribution in [1.29, 1.82) is 0 Å². The molecule has 18 heavy (non-hydrogen) atoms. The summed E-state index contributed by atoms with van der Waals surface area (Å²) in [4.78, 5) is 11.6. The van der Waals surface area contributed by atoms with Gasteiger partial charge < -0.3 is 4.74 Å². The van der Waals surface area contributed by atoms with E-state index in [1.54, 1.807) is 17.4 Å². The first-order chi connectivity index (χ1) is 8.61. The quantitative estimate of drug-likeness (QED) is 0.619. The zero-order valence-corrected chi connectivity index (χ0v) is 12.3. The van der Waals surface area contributed by atoms with Gasteiger partial charge in [0.15, 0.2) is 0 Å². The van der Waals surface area contributed by atoms with Crippen LogP contribution in [0.3, 0.4) is 0 Å². The third kappa shape index (κ3) is 2.76. The molecule has 0 aromatic heterocycles. The summed E-state index contributed by atoms with van der Waals surface area (Å²) in [6.07, 6.45) is 1.73. The van der Waals surface area contributed by atoms with Gasteiger partial charge in [-0.2, -0.15) is 4.40 Å². The number of hydrogen-bond acceptors (Lipinski definition) is 5. The average Bonchev–Trinajstić information content (AvgIpc) is 2.38. The molecule has 0 amide bonds. The summed E-state index contributed by atoms with van der Waals surface area (Å²) >= 11 is 4.63. The topological polar surface area (TPSA) is 41.9 Å². The Morgan fingerprint density at radius 1 is 1.50 bits per heavy atom. The van der Waals surface area contributed by atoms with Gasteiger partial charge in [0.05, 0.1) is 25.0 Å². The number of ether oxygens (including phenoxy) is 1. The molecule has 6 heteroatoms. The molecule has 0 N–H and O–H groups in total. The van der Waals surface area contributed by atoms with Crippen LogP contribution in [0.1, 0.15) is 5.56 Å². The van der Waals surface area contributed by atoms with Crippen molar-refractivity contribution >= 4 is 39.7 Å². The number of hydrogen-bond donors (Lipinski definition) is 0. The van der Waals surface area contributed by atoms with Crippen molar-refractivity contribution in [1.82, 2.24) is 4.31 Å². The van der Waals surface area contributed by atoms with E-state index >= 15 is 0 Å². The maximum Gasteiger partial charge on any atom is 0.355 e. The van der Waals surface area contributed by atoms with Gasteiger partial charge in [0, 0.05) is 17.1 Å². The molecular formula is C12H11BrN2O2S. The summed E-state index contributed by atoms with van der Waals surface area (Å²) in [7, 11) is 3.14. The van der Waals surface area contributed by atoms with Crippen LogP contribution in [0.4, 0.5) is 0 Å². The Kier molecular flexibility index (Phi) is 4.08. The largest absolute Gasteiger partial charge is 0.464 e. The fraction of sp³-hybridized carbons (Fsp3) is 0.167. The zero-order chi connectivity index (χ0) is 13.1. The summed E-state index contributed by atoms with van der Waals surface area (Å²) in [6.45, 7) is 0. The fourth-order valence-electron chi connectivity index (χ4n) is 1.47. The Hall–Kier alpha value is -1.27. The van der Waals surface area contributed by atoms with Crippen LogP contribution in [0.2, 0.25) is 0 Å². The van der Waals surface area contributed by atoms with E-state index in [1.165, 1.54) is 19.2 Å². The molecule has 0 saturated heterocycles. The molecule has 0 aliphatic carbocycles. The normalized spacial score (nSPS) is 14.9. The fourth-order valence-corrected chi connectivity index (χ4v) is 2.45. The van der Waals surface area contributed by atoms with Gasteiger partial charge >= 0.3 is 5.97 Å². The summed E-state index contributed by atoms with van der Waals surface area (Å²) in [5.74, 6) is -0.368. The van der Waals surface area contributed by atoms with Crippen LogP contribution in [0.5, 0.6) is 0 Å². The predicted octanol–water partition coefficient (Wildman–Crippen LogP) is 2.80. The number of allylic oxidation sites excluding steroid dienone is 1. The van der Waals surface area contributed by atoms with Crippen molar-refractivity contribution in [2.45, 2.75) is 0 Å². The Morgan fingerprint density at radius 2 is 2.28 bits per heavy atom. The lowest BCUT2D eigenvalue weighted by molar-refractivity contribution is -0.137. The van der Waals surface area contributed by atoms with Crippen molar-refractivity contribution in [3.05, 3.63) is 46.1 Å². The van der Waals surface area contributed by atoms with Crippen LogP contribution in [-0.4, -0.2) is 30.1 Å². The van der Waals surface area contributed by atoms with Crippen molar-refractivity contribution in [2.24, 2.45) is 4.40 Å². The molecule has 0 spiro atoms. The van der Waals surface area contributed by atoms with Crippen molar-refractivity contribution in [3.8, 4) is 0 Å². The first-order valence-electron chi connectivity index (χ1n) is 5.16. The first-order valence-corrected chi connectivity index (χ1v) is 6.69. The number of benzene rings is 1. The Bertz CT molecular complexity index is 543. The molecule has 1 aromatic carbocycles. The molecule has 0 unspecified atom stereocenters. The Labute approximate surface area is 118 Å². The van der Waals surface area contributed by atoms with Crippen molar-refractivity contribution in [3.63, 3.8) is 0 Å². The average molecular weight is 327 g/mol. The number of rotatable bonds is 2. The van der Waals surface area contributed by atoms with Gasteiger partial charge in [-0.1, -0.05) is 28.1 Å². The monoisotopic (exact) mass is 326 g/mol. The van der Waals surface area contributed by atoms with Gasteiger partial charge in [0.1, 0.15) is 5.70 Å². The minimum Gasteiger partial charge on any atom is -0.464 e. The van der Waals surface area contributed by atoms with Crippen LogP contribution in [-0.2, 0) is 9.53 Å². The number of methoxy groups -OCH3 is 1. The van der Waals surface area contributed by atoms with E-state index in [-0.39, 0.29) is 5.97 Å². The minimum atomic E-state index is -0.368. The van der Waals surface area contributed by atoms with Gasteiger partial charge in [-0.05, 0) is 18.2 Å². The first kappa shape index (κ1) is 13.2. The second-order valence-corrected chi connectivity index (χ2v) is 5.40. The molecule has 4 nitrogen and oxygen atoms in total. The molecule has 1 aliphatic rings. The van der Waals surface area contributed by atoms with E-state index in [0.717, 1.165) is 15.7 Å². The van der Waals surface area contributed by atoms with Gasteiger partial charge in [-0.15, -0.1) is 0 Å². The highest BCUT2D eigenvalue weighted by atomic mass is 79.9. The third-order valence-corrected chi connectivity index (χ3v) is 3.60. The number of carbonyl (C=O) groups is 1. The standard InChI is InChI=1S/C12H11BrN2O2S/c1-15-11(12(16)17-2)7-10(14-18-15)8-4-3-5-9(13)6-8/h3-7H,1-2H3. The van der Waals surface area contributed by atoms with Gasteiger partial charge in [-0.25, -0.2) is 4.79 Å². The molecule has 1 aromatic rings. The molecule has 0 bridgehead atoms. The van der Waals surface area contributed by atoms with Gasteiger partial charge in [0.2, 0.25) is 0 Å². The molecule has 1 heterocycles. The number of nitrogens with zero attached hydrogens (tertiary/aromatic N) is 2. The SMILES string of the molecule is COC(=O)C1=CC(c2cccc(Br)c2)=NSN1C. The molecule has 0 fully saturated rings. The number of likely N-dealkylation sites (N-methyl/N-ethyl adjacent to an activating group) is 1. The maximum absolute atomic E-state index is 11.6. The summed E-state index contributed by atoms with van der Waals surface area (Å²) in [5, 5.41) is 0. The number of halogens is 1. The van der Waals surface area contributed by atoms with E-state index in [2.05, 4.69) is 20.3 Å². The van der Waals surface area contributed by atoms with Crippen LogP contribution in [0.15, 0.2) is 44.9 Å².